The molecule has 1 aromatic carbocycles. The summed E-state index contributed by atoms with van der Waals surface area (Å²) in [4.78, 5) is 10.8. The van der Waals surface area contributed by atoms with Crippen LogP contribution >= 0.6 is 0 Å². The predicted octanol–water partition coefficient (Wildman–Crippen LogP) is -0.858. The number of hydrogen-bond donors (Lipinski definition) is 4. The molecular weight excluding hydrogens is 296 g/mol. The van der Waals surface area contributed by atoms with Gasteiger partial charge in [-0.15, -0.1) is 0 Å². The average molecular weight is 314 g/mol. The first kappa shape index (κ1) is 16.5. The quantitative estimate of drug-likeness (QED) is 0.529. The van der Waals surface area contributed by atoms with E-state index in [1.54, 1.807) is 0 Å². The molecular formula is C14H18O8. The standard InChI is InChI=1S/C14H18O8/c1-7(15)20-6-10-11(17)12(18)13(19)14(22-10)21-9-4-2-8(16)3-5-9/h2-5,10-14,16-19H,6H2,1H3/t10-,11-,12+,13-,14-/m1/s1. The second-order valence-electron chi connectivity index (χ2n) is 4.93. The molecule has 0 radical (unpaired) electrons. The SMILES string of the molecule is CC(=O)OC[C@H]1O[C@@H](Oc2ccc(O)cc2)[C@H](O)[C@@H](O)[C@@H]1O. The van der Waals surface area contributed by atoms with Crippen molar-refractivity contribution >= 4 is 5.97 Å². The number of benzene rings is 1. The van der Waals surface area contributed by atoms with Crippen molar-refractivity contribution < 1.29 is 39.4 Å². The zero-order valence-electron chi connectivity index (χ0n) is 11.8. The van der Waals surface area contributed by atoms with Crippen molar-refractivity contribution in [2.45, 2.75) is 37.6 Å². The molecule has 1 aromatic rings. The molecule has 8 nitrogen and oxygen atoms in total. The number of phenolic OH excluding ortho intramolecular Hbond substituents is 1. The molecule has 0 unspecified atom stereocenters. The Labute approximate surface area is 126 Å². The van der Waals surface area contributed by atoms with Gasteiger partial charge in [0, 0.05) is 6.92 Å². The lowest BCUT2D eigenvalue weighted by molar-refractivity contribution is -0.278. The molecule has 0 spiro atoms. The number of carbonyl (C=O) groups is 1. The van der Waals surface area contributed by atoms with E-state index >= 15 is 0 Å². The molecule has 122 valence electrons. The van der Waals surface area contributed by atoms with E-state index in [0.717, 1.165) is 0 Å². The number of hydrogen-bond acceptors (Lipinski definition) is 8. The lowest BCUT2D eigenvalue weighted by Crippen LogP contribution is -2.60. The first-order chi connectivity index (χ1) is 10.4. The van der Waals surface area contributed by atoms with Crippen LogP contribution in [0.3, 0.4) is 0 Å². The van der Waals surface area contributed by atoms with E-state index in [-0.39, 0.29) is 18.1 Å². The van der Waals surface area contributed by atoms with Gasteiger partial charge in [-0.3, -0.25) is 4.79 Å². The third-order valence-corrected chi connectivity index (χ3v) is 3.21. The minimum atomic E-state index is -1.52. The first-order valence-electron chi connectivity index (χ1n) is 6.67. The average Bonchev–Trinajstić information content (AvgIpc) is 2.48. The number of aliphatic hydroxyl groups is 3. The number of aliphatic hydroxyl groups excluding tert-OH is 3. The summed E-state index contributed by atoms with van der Waals surface area (Å²) in [5.74, 6) is -0.232. The first-order valence-corrected chi connectivity index (χ1v) is 6.67. The summed E-state index contributed by atoms with van der Waals surface area (Å²) in [6, 6.07) is 5.66. The third-order valence-electron chi connectivity index (χ3n) is 3.21. The van der Waals surface area contributed by atoms with Crippen LogP contribution in [-0.4, -0.2) is 63.7 Å². The fourth-order valence-corrected chi connectivity index (χ4v) is 2.01. The number of phenols is 1. The van der Waals surface area contributed by atoms with Crippen molar-refractivity contribution in [3.8, 4) is 11.5 Å². The lowest BCUT2D eigenvalue weighted by atomic mass is 9.99. The molecule has 1 aliphatic rings. The molecule has 1 saturated heterocycles. The molecule has 4 N–H and O–H groups in total. The highest BCUT2D eigenvalue weighted by atomic mass is 16.7. The van der Waals surface area contributed by atoms with Gasteiger partial charge in [0.05, 0.1) is 0 Å². The van der Waals surface area contributed by atoms with Crippen LogP contribution in [0.25, 0.3) is 0 Å². The van der Waals surface area contributed by atoms with E-state index in [1.807, 2.05) is 0 Å². The molecule has 0 aliphatic carbocycles. The van der Waals surface area contributed by atoms with Crippen molar-refractivity contribution in [2.75, 3.05) is 6.61 Å². The predicted molar refractivity (Wildman–Crippen MR) is 72.0 cm³/mol. The molecule has 0 amide bonds. The van der Waals surface area contributed by atoms with Crippen molar-refractivity contribution in [1.82, 2.24) is 0 Å². The summed E-state index contributed by atoms with van der Waals surface area (Å²) in [7, 11) is 0. The summed E-state index contributed by atoms with van der Waals surface area (Å²) < 4.78 is 15.5. The van der Waals surface area contributed by atoms with Gasteiger partial charge >= 0.3 is 5.97 Å². The van der Waals surface area contributed by atoms with Crippen LogP contribution < -0.4 is 4.74 Å². The van der Waals surface area contributed by atoms with Crippen molar-refractivity contribution in [3.05, 3.63) is 24.3 Å². The molecule has 1 aliphatic heterocycles. The van der Waals surface area contributed by atoms with E-state index in [9.17, 15) is 25.2 Å². The Balaban J connectivity index is 2.05. The summed E-state index contributed by atoms with van der Waals surface area (Å²) >= 11 is 0. The Hall–Kier alpha value is -1.87. The van der Waals surface area contributed by atoms with Crippen LogP contribution in [0.4, 0.5) is 0 Å². The normalized spacial score (nSPS) is 31.5. The van der Waals surface area contributed by atoms with E-state index in [1.165, 1.54) is 31.2 Å². The largest absolute Gasteiger partial charge is 0.508 e. The Kier molecular flexibility index (Phi) is 5.19. The zero-order valence-corrected chi connectivity index (χ0v) is 11.8. The van der Waals surface area contributed by atoms with Crippen LogP contribution in [0.2, 0.25) is 0 Å². The molecule has 1 fully saturated rings. The molecule has 2 rings (SSSR count). The monoisotopic (exact) mass is 314 g/mol. The Bertz CT molecular complexity index is 502. The Morgan fingerprint density at radius 2 is 1.77 bits per heavy atom. The molecule has 0 aromatic heterocycles. The minimum Gasteiger partial charge on any atom is -0.508 e. The summed E-state index contributed by atoms with van der Waals surface area (Å²) in [6.07, 6.45) is -6.73. The van der Waals surface area contributed by atoms with E-state index in [4.69, 9.17) is 14.2 Å². The van der Waals surface area contributed by atoms with Gasteiger partial charge in [0.25, 0.3) is 0 Å². The van der Waals surface area contributed by atoms with Gasteiger partial charge in [0.1, 0.15) is 42.5 Å². The molecule has 22 heavy (non-hydrogen) atoms. The highest BCUT2D eigenvalue weighted by Crippen LogP contribution is 2.25. The third kappa shape index (κ3) is 3.86. The van der Waals surface area contributed by atoms with Crippen molar-refractivity contribution in [3.63, 3.8) is 0 Å². The van der Waals surface area contributed by atoms with Gasteiger partial charge in [-0.1, -0.05) is 0 Å². The van der Waals surface area contributed by atoms with Gasteiger partial charge in [-0.25, -0.2) is 0 Å². The number of esters is 1. The van der Waals surface area contributed by atoms with Crippen LogP contribution in [-0.2, 0) is 14.3 Å². The highest BCUT2D eigenvalue weighted by Gasteiger charge is 2.45. The van der Waals surface area contributed by atoms with Crippen molar-refractivity contribution in [2.24, 2.45) is 0 Å². The van der Waals surface area contributed by atoms with Crippen LogP contribution in [0.1, 0.15) is 6.92 Å². The maximum Gasteiger partial charge on any atom is 0.302 e. The number of ether oxygens (including phenoxy) is 3. The van der Waals surface area contributed by atoms with E-state index in [2.05, 4.69) is 0 Å². The van der Waals surface area contributed by atoms with Gasteiger partial charge in [0.15, 0.2) is 0 Å². The maximum atomic E-state index is 10.8. The Morgan fingerprint density at radius 3 is 2.36 bits per heavy atom. The zero-order chi connectivity index (χ0) is 16.3. The topological polar surface area (TPSA) is 126 Å². The van der Waals surface area contributed by atoms with Crippen LogP contribution in [0, 0.1) is 0 Å². The van der Waals surface area contributed by atoms with Crippen LogP contribution in [0.15, 0.2) is 24.3 Å². The molecule has 8 heteroatoms. The van der Waals surface area contributed by atoms with Gasteiger partial charge in [0.2, 0.25) is 6.29 Å². The van der Waals surface area contributed by atoms with Crippen molar-refractivity contribution in [1.29, 1.82) is 0 Å². The van der Waals surface area contributed by atoms with Gasteiger partial charge in [-0.2, -0.15) is 0 Å². The smallest absolute Gasteiger partial charge is 0.302 e. The van der Waals surface area contributed by atoms with E-state index < -0.39 is 36.7 Å². The highest BCUT2D eigenvalue weighted by molar-refractivity contribution is 5.65. The Morgan fingerprint density at radius 1 is 1.14 bits per heavy atom. The number of carbonyl (C=O) groups excluding carboxylic acids is 1. The summed E-state index contributed by atoms with van der Waals surface area (Å²) in [5.41, 5.74) is 0. The second kappa shape index (κ2) is 6.93. The van der Waals surface area contributed by atoms with Gasteiger partial charge < -0.3 is 34.6 Å². The van der Waals surface area contributed by atoms with E-state index in [0.29, 0.717) is 0 Å². The molecule has 1 heterocycles. The maximum absolute atomic E-state index is 10.8. The lowest BCUT2D eigenvalue weighted by Gasteiger charge is -2.39. The number of rotatable bonds is 4. The molecule has 5 atom stereocenters. The van der Waals surface area contributed by atoms with Crippen LogP contribution in [0.5, 0.6) is 11.5 Å². The molecule has 0 saturated carbocycles. The summed E-state index contributed by atoms with van der Waals surface area (Å²) in [6.45, 7) is 0.917. The minimum absolute atomic E-state index is 0.0423. The summed E-state index contributed by atoms with van der Waals surface area (Å²) in [5, 5.41) is 38.8. The fourth-order valence-electron chi connectivity index (χ4n) is 2.01. The number of aromatic hydroxyl groups is 1. The second-order valence-corrected chi connectivity index (χ2v) is 4.93. The molecule has 0 bridgehead atoms. The van der Waals surface area contributed by atoms with Gasteiger partial charge in [-0.05, 0) is 24.3 Å². The fraction of sp³-hybridized carbons (Fsp3) is 0.500.